The molecule has 0 aromatic heterocycles. The van der Waals surface area contributed by atoms with Gasteiger partial charge in [0.2, 0.25) is 10.0 Å². The van der Waals surface area contributed by atoms with Crippen molar-refractivity contribution in [3.63, 3.8) is 0 Å². The van der Waals surface area contributed by atoms with Crippen LogP contribution in [-0.2, 0) is 26.0 Å². The Morgan fingerprint density at radius 2 is 1.74 bits per heavy atom. The lowest BCUT2D eigenvalue weighted by Crippen LogP contribution is -2.49. The Kier molecular flexibility index (Phi) is 8.34. The molecule has 9 nitrogen and oxygen atoms in total. The van der Waals surface area contributed by atoms with Crippen molar-refractivity contribution < 1.29 is 32.6 Å². The summed E-state index contributed by atoms with van der Waals surface area (Å²) < 4.78 is 40.1. The van der Waals surface area contributed by atoms with Gasteiger partial charge in [0.05, 0.1) is 42.6 Å². The highest BCUT2D eigenvalue weighted by molar-refractivity contribution is 7.89. The lowest BCUT2D eigenvalue weighted by atomic mass is 9.97. The van der Waals surface area contributed by atoms with Gasteiger partial charge in [0.1, 0.15) is 0 Å². The molecule has 3 rings (SSSR count). The third kappa shape index (κ3) is 5.91. The fourth-order valence-electron chi connectivity index (χ4n) is 3.74. The standard InChI is InChI=1S/C24H25ClN2O7S/c1-33-19-12-16-15(22(25)24(19)34-2)9-6-10-20(16)35(31,32)27-18(11-14-7-4-3-5-8-14)23(30)17(26)13-21(28)29/h3-10,12,17-18,27H,11,13,26H2,1-2H3,(H,28,29)/t17-,18?/m0/s1. The molecule has 0 saturated carbocycles. The van der Waals surface area contributed by atoms with E-state index in [1.54, 1.807) is 36.4 Å². The van der Waals surface area contributed by atoms with Crippen molar-refractivity contribution in [3.8, 4) is 11.5 Å². The number of fused-ring (bicyclic) bond motifs is 1. The molecule has 0 radical (unpaired) electrons. The van der Waals surface area contributed by atoms with Gasteiger partial charge in [-0.3, -0.25) is 9.59 Å². The minimum absolute atomic E-state index is 0.0190. The molecule has 2 atom stereocenters. The molecule has 11 heteroatoms. The maximum atomic E-state index is 13.5. The van der Waals surface area contributed by atoms with Crippen molar-refractivity contribution in [2.45, 2.75) is 29.8 Å². The number of benzene rings is 3. The maximum Gasteiger partial charge on any atom is 0.305 e. The van der Waals surface area contributed by atoms with Crippen LogP contribution in [0.3, 0.4) is 0 Å². The Balaban J connectivity index is 2.07. The van der Waals surface area contributed by atoms with Gasteiger partial charge in [-0.1, -0.05) is 54.1 Å². The topological polar surface area (TPSA) is 145 Å². The number of rotatable bonds is 11. The second-order valence-electron chi connectivity index (χ2n) is 7.75. The number of hydrogen-bond donors (Lipinski definition) is 3. The molecule has 0 aliphatic heterocycles. The van der Waals surface area contributed by atoms with E-state index in [-0.39, 0.29) is 33.2 Å². The van der Waals surface area contributed by atoms with E-state index >= 15 is 0 Å². The van der Waals surface area contributed by atoms with Crippen LogP contribution in [0.15, 0.2) is 59.5 Å². The average molecular weight is 521 g/mol. The second-order valence-corrected chi connectivity index (χ2v) is 9.81. The summed E-state index contributed by atoms with van der Waals surface area (Å²) in [4.78, 5) is 24.0. The maximum absolute atomic E-state index is 13.5. The van der Waals surface area contributed by atoms with Crippen LogP contribution in [0.4, 0.5) is 0 Å². The van der Waals surface area contributed by atoms with Gasteiger partial charge in [-0.2, -0.15) is 0 Å². The summed E-state index contributed by atoms with van der Waals surface area (Å²) in [6, 6.07) is 12.0. The molecule has 0 fully saturated rings. The van der Waals surface area contributed by atoms with E-state index in [0.717, 1.165) is 0 Å². The largest absolute Gasteiger partial charge is 0.493 e. The Morgan fingerprint density at radius 3 is 2.34 bits per heavy atom. The van der Waals surface area contributed by atoms with E-state index in [4.69, 9.17) is 31.9 Å². The van der Waals surface area contributed by atoms with Crippen molar-refractivity contribution >= 4 is 44.1 Å². The molecular formula is C24H25ClN2O7S. The van der Waals surface area contributed by atoms with Crippen LogP contribution in [0, 0.1) is 0 Å². The first-order valence-corrected chi connectivity index (χ1v) is 12.4. The second kappa shape index (κ2) is 11.0. The van der Waals surface area contributed by atoms with Gasteiger partial charge in [0.15, 0.2) is 17.3 Å². The van der Waals surface area contributed by atoms with Crippen LogP contribution in [0.1, 0.15) is 12.0 Å². The van der Waals surface area contributed by atoms with Crippen molar-refractivity contribution in [3.05, 3.63) is 65.2 Å². The lowest BCUT2D eigenvalue weighted by Gasteiger charge is -2.21. The summed E-state index contributed by atoms with van der Waals surface area (Å²) in [5.41, 5.74) is 6.47. The fourth-order valence-corrected chi connectivity index (χ4v) is 5.49. The molecule has 186 valence electrons. The van der Waals surface area contributed by atoms with E-state index in [1.807, 2.05) is 0 Å². The SMILES string of the molecule is COc1cc2c(S(=O)(=O)NC(Cc3ccccc3)C(=O)[C@@H](N)CC(=O)O)cccc2c(Cl)c1OC. The predicted molar refractivity (Wildman–Crippen MR) is 132 cm³/mol. The summed E-state index contributed by atoms with van der Waals surface area (Å²) in [5.74, 6) is -1.52. The predicted octanol–water partition coefficient (Wildman–Crippen LogP) is 2.77. The van der Waals surface area contributed by atoms with E-state index in [9.17, 15) is 18.0 Å². The number of methoxy groups -OCH3 is 2. The Bertz CT molecular complexity index is 1350. The van der Waals surface area contributed by atoms with Crippen LogP contribution in [0.25, 0.3) is 10.8 Å². The number of carboxylic acid groups (broad SMARTS) is 1. The molecule has 1 unspecified atom stereocenters. The minimum atomic E-state index is -4.30. The van der Waals surface area contributed by atoms with Crippen LogP contribution >= 0.6 is 11.6 Å². The third-order valence-electron chi connectivity index (χ3n) is 5.40. The van der Waals surface area contributed by atoms with Crippen LogP contribution in [-0.4, -0.2) is 51.6 Å². The highest BCUT2D eigenvalue weighted by Gasteiger charge is 2.31. The highest BCUT2D eigenvalue weighted by atomic mass is 35.5. The van der Waals surface area contributed by atoms with Crippen molar-refractivity contribution in [2.24, 2.45) is 5.73 Å². The third-order valence-corrected chi connectivity index (χ3v) is 7.30. The molecule has 3 aromatic rings. The lowest BCUT2D eigenvalue weighted by molar-refractivity contribution is -0.139. The van der Waals surface area contributed by atoms with Gasteiger partial charge in [-0.25, -0.2) is 13.1 Å². The Morgan fingerprint density at radius 1 is 1.06 bits per heavy atom. The number of carboxylic acids is 1. The van der Waals surface area contributed by atoms with Gasteiger partial charge in [0, 0.05) is 10.8 Å². The average Bonchev–Trinajstić information content (AvgIpc) is 2.82. The molecule has 0 amide bonds. The van der Waals surface area contributed by atoms with Crippen molar-refractivity contribution in [1.82, 2.24) is 4.72 Å². The first-order valence-electron chi connectivity index (χ1n) is 10.5. The Labute approximate surface area is 207 Å². The normalized spacial score (nSPS) is 13.3. The molecule has 0 bridgehead atoms. The minimum Gasteiger partial charge on any atom is -0.493 e. The monoisotopic (exact) mass is 520 g/mol. The zero-order valence-electron chi connectivity index (χ0n) is 19.0. The zero-order valence-corrected chi connectivity index (χ0v) is 20.6. The number of hydrogen-bond acceptors (Lipinski definition) is 7. The number of nitrogens with two attached hydrogens (primary N) is 1. The highest BCUT2D eigenvalue weighted by Crippen LogP contribution is 2.42. The number of ketones is 1. The van der Waals surface area contributed by atoms with Crippen LogP contribution < -0.4 is 19.9 Å². The van der Waals surface area contributed by atoms with E-state index in [1.165, 1.54) is 32.4 Å². The number of Topliss-reactive ketones (excluding diaryl/α,β-unsaturated/α-hetero) is 1. The number of carbonyl (C=O) groups is 2. The molecule has 3 aromatic carbocycles. The quantitative estimate of drug-likeness (QED) is 0.350. The van der Waals surface area contributed by atoms with Crippen LogP contribution in [0.2, 0.25) is 5.02 Å². The smallest absolute Gasteiger partial charge is 0.305 e. The summed E-state index contributed by atoms with van der Waals surface area (Å²) in [5, 5.41) is 9.87. The Hall–Kier alpha value is -3.18. The van der Waals surface area contributed by atoms with Gasteiger partial charge in [-0.15, -0.1) is 0 Å². The molecule has 0 spiro atoms. The van der Waals surface area contributed by atoms with E-state index in [2.05, 4.69) is 4.72 Å². The number of nitrogens with one attached hydrogen (secondary N) is 1. The van der Waals surface area contributed by atoms with Crippen molar-refractivity contribution in [1.29, 1.82) is 0 Å². The number of halogens is 1. The number of sulfonamides is 1. The zero-order chi connectivity index (χ0) is 25.8. The summed E-state index contributed by atoms with van der Waals surface area (Å²) in [6.45, 7) is 0. The molecule has 0 aliphatic carbocycles. The number of ether oxygens (including phenoxy) is 2. The molecule has 0 heterocycles. The van der Waals surface area contributed by atoms with Gasteiger partial charge < -0.3 is 20.3 Å². The molecule has 0 aliphatic rings. The summed E-state index contributed by atoms with van der Waals surface area (Å²) in [6.07, 6.45) is -0.651. The molecule has 0 saturated heterocycles. The summed E-state index contributed by atoms with van der Waals surface area (Å²) >= 11 is 6.45. The van der Waals surface area contributed by atoms with Gasteiger partial charge in [0.25, 0.3) is 0 Å². The molecule has 4 N–H and O–H groups in total. The first-order chi connectivity index (χ1) is 16.6. The first kappa shape index (κ1) is 26.4. The molecular weight excluding hydrogens is 496 g/mol. The van der Waals surface area contributed by atoms with Gasteiger partial charge in [-0.05, 0) is 24.1 Å². The fraction of sp³-hybridized carbons (Fsp3) is 0.250. The molecule has 35 heavy (non-hydrogen) atoms. The number of aliphatic carboxylic acids is 1. The van der Waals surface area contributed by atoms with E-state index in [0.29, 0.717) is 10.9 Å². The van der Waals surface area contributed by atoms with Crippen molar-refractivity contribution in [2.75, 3.05) is 14.2 Å². The van der Waals surface area contributed by atoms with E-state index < -0.39 is 40.3 Å². The summed E-state index contributed by atoms with van der Waals surface area (Å²) in [7, 11) is -1.49. The number of carbonyl (C=O) groups excluding carboxylic acids is 1. The van der Waals surface area contributed by atoms with Gasteiger partial charge >= 0.3 is 5.97 Å². The van der Waals surface area contributed by atoms with Crippen LogP contribution in [0.5, 0.6) is 11.5 Å².